The molecule has 2 N–H and O–H groups in total. The number of hydrogen-bond acceptors (Lipinski definition) is 8. The second kappa shape index (κ2) is 11.7. The fraction of sp³-hybridized carbons (Fsp3) is 0.400. The molecule has 1 aliphatic carbocycles. The SMILES string of the molecule is CCC(C)OC(=O)C1=C(C)NC2=C(C(=O)CC(c3ccc(OC)c(OC)c3)C2)C1c1cc(Br)c(O)c(OC)c1. The summed E-state index contributed by atoms with van der Waals surface area (Å²) < 4.78 is 22.4. The number of esters is 1. The number of nitrogens with one attached hydrogen (secondary N) is 1. The Hall–Kier alpha value is -3.46. The maximum Gasteiger partial charge on any atom is 0.337 e. The van der Waals surface area contributed by atoms with Gasteiger partial charge in [-0.3, -0.25) is 4.79 Å². The van der Waals surface area contributed by atoms with Crippen molar-refractivity contribution in [3.05, 3.63) is 68.5 Å². The van der Waals surface area contributed by atoms with Crippen molar-refractivity contribution in [1.82, 2.24) is 5.32 Å². The molecule has 4 rings (SSSR count). The lowest BCUT2D eigenvalue weighted by molar-refractivity contribution is -0.144. The first-order valence-electron chi connectivity index (χ1n) is 12.9. The molecule has 0 aromatic heterocycles. The van der Waals surface area contributed by atoms with Crippen molar-refractivity contribution < 1.29 is 33.6 Å². The Morgan fingerprint density at radius 3 is 2.36 bits per heavy atom. The zero-order chi connectivity index (χ0) is 28.4. The van der Waals surface area contributed by atoms with Crippen LogP contribution in [0.1, 0.15) is 63.0 Å². The van der Waals surface area contributed by atoms with E-state index in [9.17, 15) is 14.7 Å². The molecule has 1 heterocycles. The van der Waals surface area contributed by atoms with Crippen molar-refractivity contribution in [3.8, 4) is 23.0 Å². The molecule has 0 saturated carbocycles. The highest BCUT2D eigenvalue weighted by atomic mass is 79.9. The fourth-order valence-electron chi connectivity index (χ4n) is 5.23. The lowest BCUT2D eigenvalue weighted by Crippen LogP contribution is -2.36. The molecule has 2 aromatic carbocycles. The maximum atomic E-state index is 13.9. The number of ether oxygens (including phenoxy) is 4. The lowest BCUT2D eigenvalue weighted by Gasteiger charge is -2.37. The van der Waals surface area contributed by atoms with Crippen LogP contribution in [0.2, 0.25) is 0 Å². The number of hydrogen-bond donors (Lipinski definition) is 2. The van der Waals surface area contributed by atoms with Crippen LogP contribution in [0.25, 0.3) is 0 Å². The summed E-state index contributed by atoms with van der Waals surface area (Å²) in [4.78, 5) is 27.4. The Labute approximate surface area is 237 Å². The maximum absolute atomic E-state index is 13.9. The summed E-state index contributed by atoms with van der Waals surface area (Å²) in [5.74, 6) is 0.0605. The molecular formula is C30H34BrNO7. The topological polar surface area (TPSA) is 103 Å². The van der Waals surface area contributed by atoms with Gasteiger partial charge in [0.15, 0.2) is 28.8 Å². The van der Waals surface area contributed by atoms with E-state index in [4.69, 9.17) is 18.9 Å². The van der Waals surface area contributed by atoms with Crippen LogP contribution in [0.5, 0.6) is 23.0 Å². The third-order valence-corrected chi connectivity index (χ3v) is 8.02. The second-order valence-corrected chi connectivity index (χ2v) is 10.7. The van der Waals surface area contributed by atoms with E-state index >= 15 is 0 Å². The van der Waals surface area contributed by atoms with Gasteiger partial charge in [-0.05, 0) is 83.9 Å². The summed E-state index contributed by atoms with van der Waals surface area (Å²) in [6, 6.07) is 9.08. The minimum absolute atomic E-state index is 0.0580. The van der Waals surface area contributed by atoms with Crippen LogP contribution in [-0.2, 0) is 14.3 Å². The normalized spacial score (nSPS) is 19.7. The van der Waals surface area contributed by atoms with E-state index in [2.05, 4.69) is 21.2 Å². The van der Waals surface area contributed by atoms with E-state index in [0.717, 1.165) is 11.3 Å². The zero-order valence-corrected chi connectivity index (χ0v) is 24.6. The number of methoxy groups -OCH3 is 3. The summed E-state index contributed by atoms with van der Waals surface area (Å²) in [5, 5.41) is 13.8. The highest BCUT2D eigenvalue weighted by Crippen LogP contribution is 2.48. The number of dihydropyridines is 1. The first-order chi connectivity index (χ1) is 18.6. The minimum atomic E-state index is -0.692. The second-order valence-electron chi connectivity index (χ2n) is 9.81. The molecule has 0 amide bonds. The van der Waals surface area contributed by atoms with Gasteiger partial charge in [-0.15, -0.1) is 0 Å². The average molecular weight is 601 g/mol. The molecule has 0 fully saturated rings. The van der Waals surface area contributed by atoms with E-state index in [-0.39, 0.29) is 35.7 Å². The fourth-order valence-corrected chi connectivity index (χ4v) is 5.69. The van der Waals surface area contributed by atoms with Crippen molar-refractivity contribution >= 4 is 27.7 Å². The van der Waals surface area contributed by atoms with Gasteiger partial charge in [0, 0.05) is 29.3 Å². The molecular weight excluding hydrogens is 566 g/mol. The standard InChI is InChI=1S/C30H34BrNO7/c1-7-15(2)39-30(35)26-16(3)32-21-11-18(17-8-9-23(36-4)24(13-17)37-5)12-22(33)28(21)27(26)19-10-20(31)29(34)25(14-19)38-6/h8-10,13-15,18,27,32,34H,7,11-12H2,1-6H3. The number of phenols is 1. The molecule has 3 unspecified atom stereocenters. The van der Waals surface area contributed by atoms with Crippen molar-refractivity contribution in [1.29, 1.82) is 0 Å². The van der Waals surface area contributed by atoms with Gasteiger partial charge in [0.05, 0.1) is 37.5 Å². The Kier molecular flexibility index (Phi) is 8.59. The molecule has 0 bridgehead atoms. The van der Waals surface area contributed by atoms with Crippen molar-refractivity contribution in [3.63, 3.8) is 0 Å². The summed E-state index contributed by atoms with van der Waals surface area (Å²) >= 11 is 3.40. The third-order valence-electron chi connectivity index (χ3n) is 7.41. The first-order valence-corrected chi connectivity index (χ1v) is 13.7. The van der Waals surface area contributed by atoms with Gasteiger partial charge >= 0.3 is 5.97 Å². The Balaban J connectivity index is 1.83. The van der Waals surface area contributed by atoms with Crippen molar-refractivity contribution in [2.45, 2.75) is 58.0 Å². The van der Waals surface area contributed by atoms with E-state index in [1.54, 1.807) is 26.4 Å². The Morgan fingerprint density at radius 2 is 1.72 bits per heavy atom. The number of benzene rings is 2. The molecule has 208 valence electrons. The van der Waals surface area contributed by atoms with E-state index in [1.165, 1.54) is 7.11 Å². The molecule has 1 aliphatic heterocycles. The van der Waals surface area contributed by atoms with Crippen molar-refractivity contribution in [2.75, 3.05) is 21.3 Å². The highest BCUT2D eigenvalue weighted by molar-refractivity contribution is 9.10. The summed E-state index contributed by atoms with van der Waals surface area (Å²) in [5.41, 5.74) is 3.87. The first kappa shape index (κ1) is 28.5. The van der Waals surface area contributed by atoms with Crippen LogP contribution < -0.4 is 19.5 Å². The number of halogens is 1. The lowest BCUT2D eigenvalue weighted by atomic mass is 9.71. The van der Waals surface area contributed by atoms with Gasteiger partial charge in [-0.25, -0.2) is 4.79 Å². The molecule has 2 aromatic rings. The molecule has 2 aliphatic rings. The van der Waals surface area contributed by atoms with Crippen molar-refractivity contribution in [2.24, 2.45) is 0 Å². The van der Waals surface area contributed by atoms with Crippen LogP contribution in [-0.4, -0.2) is 44.3 Å². The number of aromatic hydroxyl groups is 1. The molecule has 8 nitrogen and oxygen atoms in total. The van der Waals surface area contributed by atoms with Crippen LogP contribution >= 0.6 is 15.9 Å². The highest BCUT2D eigenvalue weighted by Gasteiger charge is 2.42. The van der Waals surface area contributed by atoms with Crippen LogP contribution in [0.4, 0.5) is 0 Å². The van der Waals surface area contributed by atoms with Crippen LogP contribution in [0.3, 0.4) is 0 Å². The summed E-state index contributed by atoms with van der Waals surface area (Å²) in [6.07, 6.45) is 1.20. The molecule has 0 spiro atoms. The van der Waals surface area contributed by atoms with Gasteiger partial charge in [0.2, 0.25) is 0 Å². The minimum Gasteiger partial charge on any atom is -0.503 e. The number of carbonyl (C=O) groups is 2. The average Bonchev–Trinajstić information content (AvgIpc) is 2.92. The van der Waals surface area contributed by atoms with E-state index in [1.807, 2.05) is 39.0 Å². The van der Waals surface area contributed by atoms with Gasteiger partial charge in [-0.1, -0.05) is 13.0 Å². The Bertz CT molecular complexity index is 1360. The summed E-state index contributed by atoms with van der Waals surface area (Å²) in [7, 11) is 4.62. The number of Topliss-reactive ketones (excluding diaryl/α,β-unsaturated/α-hetero) is 1. The predicted molar refractivity (Wildman–Crippen MR) is 150 cm³/mol. The van der Waals surface area contributed by atoms with Crippen LogP contribution in [0, 0.1) is 0 Å². The number of phenolic OH excluding ortho intramolecular Hbond substituents is 1. The molecule has 3 atom stereocenters. The van der Waals surface area contributed by atoms with Gasteiger partial charge in [0.1, 0.15) is 0 Å². The quantitative estimate of drug-likeness (QED) is 0.362. The molecule has 39 heavy (non-hydrogen) atoms. The van der Waals surface area contributed by atoms with Gasteiger partial charge in [-0.2, -0.15) is 0 Å². The largest absolute Gasteiger partial charge is 0.503 e. The van der Waals surface area contributed by atoms with Gasteiger partial charge in [0.25, 0.3) is 0 Å². The molecule has 0 saturated heterocycles. The predicted octanol–water partition coefficient (Wildman–Crippen LogP) is 5.88. The third kappa shape index (κ3) is 5.50. The monoisotopic (exact) mass is 599 g/mol. The number of ketones is 1. The van der Waals surface area contributed by atoms with E-state index < -0.39 is 11.9 Å². The molecule has 9 heteroatoms. The molecule has 0 radical (unpaired) electrons. The zero-order valence-electron chi connectivity index (χ0n) is 23.0. The smallest absolute Gasteiger partial charge is 0.337 e. The van der Waals surface area contributed by atoms with Gasteiger partial charge < -0.3 is 29.4 Å². The number of carbonyl (C=O) groups excluding carboxylic acids is 2. The van der Waals surface area contributed by atoms with E-state index in [0.29, 0.717) is 51.2 Å². The summed E-state index contributed by atoms with van der Waals surface area (Å²) in [6.45, 7) is 5.60. The Morgan fingerprint density at radius 1 is 1.05 bits per heavy atom. The van der Waals surface area contributed by atoms with Crippen LogP contribution in [0.15, 0.2) is 57.3 Å². The number of allylic oxidation sites excluding steroid dienone is 3. The number of rotatable bonds is 8.